The van der Waals surface area contributed by atoms with E-state index in [0.29, 0.717) is 23.6 Å². The van der Waals surface area contributed by atoms with Crippen molar-refractivity contribution in [3.05, 3.63) is 85.2 Å². The molecule has 3 heterocycles. The highest BCUT2D eigenvalue weighted by atomic mass is 16.5. The lowest BCUT2D eigenvalue weighted by Gasteiger charge is -2.08. The van der Waals surface area contributed by atoms with Crippen LogP contribution >= 0.6 is 0 Å². The topological polar surface area (TPSA) is 69.0 Å². The number of hydrogen-bond acceptors (Lipinski definition) is 4. The van der Waals surface area contributed by atoms with Crippen LogP contribution in [0.3, 0.4) is 0 Å². The summed E-state index contributed by atoms with van der Waals surface area (Å²) in [6, 6.07) is 7.65. The number of fused-ring (bicyclic) bond motifs is 1. The zero-order chi connectivity index (χ0) is 20.6. The van der Waals surface area contributed by atoms with E-state index in [0.717, 1.165) is 23.1 Å². The van der Waals surface area contributed by atoms with Crippen LogP contribution in [0.1, 0.15) is 20.3 Å². The summed E-state index contributed by atoms with van der Waals surface area (Å²) in [5.74, 6) is 1.19. The number of pyridine rings is 2. The SMILES string of the molecule is C=C/C(=C\C=C(/C)C(=O)Nc1ccc(-n2ccc3ccncc32)nc1)OCCC. The minimum atomic E-state index is -0.203. The molecule has 1 N–H and O–H groups in total. The highest BCUT2D eigenvalue weighted by molar-refractivity contribution is 6.03. The lowest BCUT2D eigenvalue weighted by Crippen LogP contribution is -2.13. The van der Waals surface area contributed by atoms with Gasteiger partial charge in [-0.2, -0.15) is 0 Å². The molecule has 0 fully saturated rings. The van der Waals surface area contributed by atoms with E-state index in [1.165, 1.54) is 0 Å². The summed E-state index contributed by atoms with van der Waals surface area (Å²) in [6.07, 6.45) is 13.1. The number of aromatic nitrogens is 3. The number of nitrogens with one attached hydrogen (secondary N) is 1. The van der Waals surface area contributed by atoms with Crippen LogP contribution < -0.4 is 5.32 Å². The molecule has 29 heavy (non-hydrogen) atoms. The minimum absolute atomic E-state index is 0.203. The number of allylic oxidation sites excluding steroid dienone is 3. The van der Waals surface area contributed by atoms with E-state index in [9.17, 15) is 4.79 Å². The van der Waals surface area contributed by atoms with Gasteiger partial charge in [0.1, 0.15) is 11.6 Å². The molecular formula is C23H24N4O2. The van der Waals surface area contributed by atoms with Gasteiger partial charge < -0.3 is 10.1 Å². The molecular weight excluding hydrogens is 364 g/mol. The van der Waals surface area contributed by atoms with Crippen molar-refractivity contribution < 1.29 is 9.53 Å². The first-order valence-corrected chi connectivity index (χ1v) is 9.45. The summed E-state index contributed by atoms with van der Waals surface area (Å²) in [7, 11) is 0. The fourth-order valence-electron chi connectivity index (χ4n) is 2.68. The van der Waals surface area contributed by atoms with Crippen molar-refractivity contribution in [1.82, 2.24) is 14.5 Å². The Morgan fingerprint density at radius 3 is 2.83 bits per heavy atom. The summed E-state index contributed by atoms with van der Waals surface area (Å²) in [5, 5.41) is 3.94. The second-order valence-electron chi connectivity index (χ2n) is 6.45. The molecule has 0 unspecified atom stereocenters. The Bertz CT molecular complexity index is 1060. The third-order valence-electron chi connectivity index (χ3n) is 4.28. The summed E-state index contributed by atoms with van der Waals surface area (Å²) in [4.78, 5) is 21.0. The average molecular weight is 388 g/mol. The molecule has 0 saturated carbocycles. The van der Waals surface area contributed by atoms with Crippen molar-refractivity contribution in [2.45, 2.75) is 20.3 Å². The van der Waals surface area contributed by atoms with Gasteiger partial charge in [0.15, 0.2) is 0 Å². The molecule has 0 radical (unpaired) electrons. The molecule has 1 amide bonds. The van der Waals surface area contributed by atoms with Crippen molar-refractivity contribution in [1.29, 1.82) is 0 Å². The molecule has 0 aromatic carbocycles. The standard InChI is InChI=1S/C23H24N4O2/c1-4-14-29-20(5-2)8-6-17(3)23(28)26-19-7-9-22(25-15-19)27-13-11-18-10-12-24-16-21(18)27/h5-13,15-16H,2,4,14H2,1,3H3,(H,26,28)/b17-6+,20-8+. The zero-order valence-electron chi connectivity index (χ0n) is 16.6. The number of carbonyl (C=O) groups excluding carboxylic acids is 1. The molecule has 0 aliphatic heterocycles. The number of rotatable bonds is 8. The number of hydrogen-bond donors (Lipinski definition) is 1. The summed E-state index contributed by atoms with van der Waals surface area (Å²) >= 11 is 0. The van der Waals surface area contributed by atoms with Gasteiger partial charge in [-0.15, -0.1) is 0 Å². The Labute approximate surface area is 170 Å². The van der Waals surface area contributed by atoms with Gasteiger partial charge in [-0.3, -0.25) is 14.3 Å². The molecule has 0 aliphatic carbocycles. The molecule has 6 nitrogen and oxygen atoms in total. The first-order chi connectivity index (χ1) is 14.1. The summed E-state index contributed by atoms with van der Waals surface area (Å²) in [6.45, 7) is 8.10. The molecule has 3 aromatic rings. The molecule has 0 aliphatic rings. The number of amides is 1. The van der Waals surface area contributed by atoms with Crippen LogP contribution in [0, 0.1) is 0 Å². The van der Waals surface area contributed by atoms with Crippen LogP contribution in [-0.2, 0) is 9.53 Å². The Hall–Kier alpha value is -3.67. The van der Waals surface area contributed by atoms with Gasteiger partial charge in [0.25, 0.3) is 5.91 Å². The maximum atomic E-state index is 12.4. The Morgan fingerprint density at radius 1 is 1.24 bits per heavy atom. The Balaban J connectivity index is 1.69. The minimum Gasteiger partial charge on any atom is -0.494 e. The first kappa shape index (κ1) is 20.1. The van der Waals surface area contributed by atoms with E-state index < -0.39 is 0 Å². The van der Waals surface area contributed by atoms with Crippen molar-refractivity contribution in [3.8, 4) is 5.82 Å². The molecule has 3 aromatic heterocycles. The smallest absolute Gasteiger partial charge is 0.251 e. The van der Waals surface area contributed by atoms with Crippen LogP contribution in [0.15, 0.2) is 85.2 Å². The number of ether oxygens (including phenoxy) is 1. The lowest BCUT2D eigenvalue weighted by molar-refractivity contribution is -0.112. The van der Waals surface area contributed by atoms with Gasteiger partial charge in [-0.05, 0) is 49.8 Å². The quantitative estimate of drug-likeness (QED) is 0.342. The zero-order valence-corrected chi connectivity index (χ0v) is 16.6. The fraction of sp³-hybridized carbons (Fsp3) is 0.174. The van der Waals surface area contributed by atoms with Crippen LogP contribution in [0.4, 0.5) is 5.69 Å². The van der Waals surface area contributed by atoms with E-state index in [4.69, 9.17) is 4.74 Å². The van der Waals surface area contributed by atoms with Crippen molar-refractivity contribution in [3.63, 3.8) is 0 Å². The second kappa shape index (κ2) is 9.50. The Kier molecular flexibility index (Phi) is 6.58. The van der Waals surface area contributed by atoms with E-state index in [1.807, 2.05) is 42.0 Å². The third kappa shape index (κ3) is 4.99. The average Bonchev–Trinajstić information content (AvgIpc) is 3.18. The molecule has 0 spiro atoms. The van der Waals surface area contributed by atoms with Crippen molar-refractivity contribution >= 4 is 22.5 Å². The third-order valence-corrected chi connectivity index (χ3v) is 4.28. The number of anilines is 1. The highest BCUT2D eigenvalue weighted by Crippen LogP contribution is 2.19. The molecule has 0 atom stereocenters. The predicted octanol–water partition coefficient (Wildman–Crippen LogP) is 4.80. The van der Waals surface area contributed by atoms with Crippen LogP contribution in [0.25, 0.3) is 16.7 Å². The monoisotopic (exact) mass is 388 g/mol. The molecule has 3 rings (SSSR count). The van der Waals surface area contributed by atoms with E-state index >= 15 is 0 Å². The highest BCUT2D eigenvalue weighted by Gasteiger charge is 2.07. The fourth-order valence-corrected chi connectivity index (χ4v) is 2.68. The van der Waals surface area contributed by atoms with Crippen LogP contribution in [-0.4, -0.2) is 27.0 Å². The van der Waals surface area contributed by atoms with Crippen LogP contribution in [0.5, 0.6) is 0 Å². The summed E-state index contributed by atoms with van der Waals surface area (Å²) in [5.41, 5.74) is 2.15. The molecule has 0 bridgehead atoms. The maximum absolute atomic E-state index is 12.4. The predicted molar refractivity (Wildman–Crippen MR) is 116 cm³/mol. The van der Waals surface area contributed by atoms with Crippen molar-refractivity contribution in [2.75, 3.05) is 11.9 Å². The first-order valence-electron chi connectivity index (χ1n) is 9.45. The number of carbonyl (C=O) groups is 1. The molecule has 6 heteroatoms. The van der Waals surface area contributed by atoms with Gasteiger partial charge in [-0.25, -0.2) is 4.98 Å². The maximum Gasteiger partial charge on any atom is 0.251 e. The van der Waals surface area contributed by atoms with Gasteiger partial charge in [0.05, 0.1) is 30.2 Å². The Morgan fingerprint density at radius 2 is 2.10 bits per heavy atom. The van der Waals surface area contributed by atoms with Gasteiger partial charge in [-0.1, -0.05) is 19.6 Å². The van der Waals surface area contributed by atoms with Crippen LogP contribution in [0.2, 0.25) is 0 Å². The van der Waals surface area contributed by atoms with Gasteiger partial charge in [0, 0.05) is 23.4 Å². The lowest BCUT2D eigenvalue weighted by atomic mass is 10.2. The van der Waals surface area contributed by atoms with Gasteiger partial charge >= 0.3 is 0 Å². The van der Waals surface area contributed by atoms with E-state index in [-0.39, 0.29) is 5.91 Å². The van der Waals surface area contributed by atoms with E-state index in [1.54, 1.807) is 43.7 Å². The van der Waals surface area contributed by atoms with Gasteiger partial charge in [0.2, 0.25) is 0 Å². The largest absolute Gasteiger partial charge is 0.494 e. The van der Waals surface area contributed by atoms with E-state index in [2.05, 4.69) is 21.9 Å². The molecule has 148 valence electrons. The normalized spacial score (nSPS) is 12.1. The molecule has 0 saturated heterocycles. The van der Waals surface area contributed by atoms with Crippen molar-refractivity contribution in [2.24, 2.45) is 0 Å². The number of nitrogens with zero attached hydrogens (tertiary/aromatic N) is 3. The summed E-state index contributed by atoms with van der Waals surface area (Å²) < 4.78 is 7.47. The second-order valence-corrected chi connectivity index (χ2v) is 6.45.